The normalized spacial score (nSPS) is 10.0. The molecule has 0 fully saturated rings. The molecule has 110 valence electrons. The number of nitrogens with zero attached hydrogens (tertiary/aromatic N) is 1. The van der Waals surface area contributed by atoms with Crippen LogP contribution in [0.4, 0.5) is 5.69 Å². The van der Waals surface area contributed by atoms with Crippen LogP contribution in [0.25, 0.3) is 0 Å². The molecule has 0 atom stereocenters. The van der Waals surface area contributed by atoms with Crippen molar-refractivity contribution in [2.75, 3.05) is 20.0 Å². The molecule has 1 aromatic carbocycles. The lowest BCUT2D eigenvalue weighted by molar-refractivity contribution is 0.0599. The van der Waals surface area contributed by atoms with Gasteiger partial charge in [-0.2, -0.15) is 0 Å². The van der Waals surface area contributed by atoms with Crippen LogP contribution in [0, 0.1) is 6.92 Å². The molecular formula is C15H16N2O4. The Morgan fingerprint density at radius 1 is 1.14 bits per heavy atom. The third kappa shape index (κ3) is 3.22. The van der Waals surface area contributed by atoms with Gasteiger partial charge >= 0.3 is 5.97 Å². The van der Waals surface area contributed by atoms with E-state index in [2.05, 4.69) is 9.72 Å². The van der Waals surface area contributed by atoms with Crippen LogP contribution in [0.2, 0.25) is 0 Å². The zero-order valence-corrected chi connectivity index (χ0v) is 12.0. The summed E-state index contributed by atoms with van der Waals surface area (Å²) in [5.41, 5.74) is 7.18. The summed E-state index contributed by atoms with van der Waals surface area (Å²) in [6.07, 6.45) is 0. The molecule has 6 nitrogen and oxygen atoms in total. The number of aromatic nitrogens is 1. The summed E-state index contributed by atoms with van der Waals surface area (Å²) in [5, 5.41) is 0. The highest BCUT2D eigenvalue weighted by atomic mass is 16.5. The molecule has 0 bridgehead atoms. The van der Waals surface area contributed by atoms with E-state index in [-0.39, 0.29) is 0 Å². The first-order chi connectivity index (χ1) is 10.0. The highest BCUT2D eigenvalue weighted by Gasteiger charge is 2.12. The molecule has 2 N–H and O–H groups in total. The fraction of sp³-hybridized carbons (Fsp3) is 0.200. The van der Waals surface area contributed by atoms with Crippen molar-refractivity contribution in [2.45, 2.75) is 6.92 Å². The van der Waals surface area contributed by atoms with E-state index in [4.69, 9.17) is 15.2 Å². The van der Waals surface area contributed by atoms with Gasteiger partial charge in [0.25, 0.3) is 0 Å². The van der Waals surface area contributed by atoms with E-state index in [9.17, 15) is 4.79 Å². The van der Waals surface area contributed by atoms with Crippen LogP contribution in [0.1, 0.15) is 16.1 Å². The van der Waals surface area contributed by atoms with Crippen LogP contribution in [0.15, 0.2) is 30.3 Å². The summed E-state index contributed by atoms with van der Waals surface area (Å²) in [7, 11) is 2.85. The van der Waals surface area contributed by atoms with Gasteiger partial charge in [-0.05, 0) is 25.1 Å². The molecule has 0 saturated heterocycles. The SMILES string of the molecule is COC(=O)c1ccc(Oc2ccc(N)cc2OC)nc1C. The first kappa shape index (κ1) is 14.6. The van der Waals surface area contributed by atoms with Gasteiger partial charge in [-0.3, -0.25) is 0 Å². The van der Waals surface area contributed by atoms with Gasteiger partial charge in [-0.15, -0.1) is 0 Å². The number of rotatable bonds is 4. The monoisotopic (exact) mass is 288 g/mol. The first-order valence-corrected chi connectivity index (χ1v) is 6.22. The van der Waals surface area contributed by atoms with Crippen molar-refractivity contribution in [1.82, 2.24) is 4.98 Å². The van der Waals surface area contributed by atoms with Gasteiger partial charge < -0.3 is 19.9 Å². The molecule has 0 spiro atoms. The molecular weight excluding hydrogens is 272 g/mol. The quantitative estimate of drug-likeness (QED) is 0.687. The molecule has 0 amide bonds. The number of methoxy groups -OCH3 is 2. The third-order valence-corrected chi connectivity index (χ3v) is 2.87. The molecule has 0 aliphatic carbocycles. The van der Waals surface area contributed by atoms with Gasteiger partial charge in [-0.1, -0.05) is 0 Å². The summed E-state index contributed by atoms with van der Waals surface area (Å²) in [6, 6.07) is 8.25. The molecule has 0 aliphatic rings. The maximum Gasteiger partial charge on any atom is 0.339 e. The second-order valence-corrected chi connectivity index (χ2v) is 4.29. The predicted molar refractivity (Wildman–Crippen MR) is 77.8 cm³/mol. The number of nitrogen functional groups attached to an aromatic ring is 1. The lowest BCUT2D eigenvalue weighted by Crippen LogP contribution is -2.05. The Hall–Kier alpha value is -2.76. The minimum Gasteiger partial charge on any atom is -0.493 e. The summed E-state index contributed by atoms with van der Waals surface area (Å²) >= 11 is 0. The summed E-state index contributed by atoms with van der Waals surface area (Å²) in [4.78, 5) is 15.7. The molecule has 1 heterocycles. The van der Waals surface area contributed by atoms with E-state index in [1.807, 2.05) is 0 Å². The van der Waals surface area contributed by atoms with Crippen LogP contribution in [0.5, 0.6) is 17.4 Å². The van der Waals surface area contributed by atoms with E-state index < -0.39 is 5.97 Å². The van der Waals surface area contributed by atoms with Gasteiger partial charge in [-0.25, -0.2) is 9.78 Å². The predicted octanol–water partition coefficient (Wildman–Crippen LogP) is 2.56. The van der Waals surface area contributed by atoms with Gasteiger partial charge in [0.05, 0.1) is 25.5 Å². The number of anilines is 1. The number of esters is 1. The molecule has 6 heteroatoms. The van der Waals surface area contributed by atoms with Crippen molar-refractivity contribution in [1.29, 1.82) is 0 Å². The Balaban J connectivity index is 2.28. The highest BCUT2D eigenvalue weighted by molar-refractivity contribution is 5.90. The van der Waals surface area contributed by atoms with Crippen molar-refractivity contribution in [2.24, 2.45) is 0 Å². The standard InChI is InChI=1S/C15H16N2O4/c1-9-11(15(18)20-3)5-7-14(17-9)21-12-6-4-10(16)8-13(12)19-2/h4-8H,16H2,1-3H3. The van der Waals surface area contributed by atoms with Crippen LogP contribution < -0.4 is 15.2 Å². The molecule has 0 unspecified atom stereocenters. The molecule has 2 aromatic rings. The molecule has 21 heavy (non-hydrogen) atoms. The minimum atomic E-state index is -0.434. The fourth-order valence-corrected chi connectivity index (χ4v) is 1.80. The summed E-state index contributed by atoms with van der Waals surface area (Å²) in [6.45, 7) is 1.71. The van der Waals surface area contributed by atoms with Crippen LogP contribution in [-0.4, -0.2) is 25.2 Å². The zero-order chi connectivity index (χ0) is 15.4. The van der Waals surface area contributed by atoms with E-state index in [1.54, 1.807) is 37.3 Å². The zero-order valence-electron chi connectivity index (χ0n) is 12.0. The Labute approximate surface area is 122 Å². The molecule has 1 aromatic heterocycles. The highest BCUT2D eigenvalue weighted by Crippen LogP contribution is 2.32. The van der Waals surface area contributed by atoms with E-state index in [0.29, 0.717) is 34.3 Å². The van der Waals surface area contributed by atoms with Crippen molar-refractivity contribution in [3.05, 3.63) is 41.6 Å². The summed E-state index contributed by atoms with van der Waals surface area (Å²) in [5.74, 6) is 0.913. The Morgan fingerprint density at radius 3 is 2.52 bits per heavy atom. The second kappa shape index (κ2) is 6.13. The fourth-order valence-electron chi connectivity index (χ4n) is 1.80. The Bertz CT molecular complexity index is 671. The Kier molecular flexibility index (Phi) is 4.27. The van der Waals surface area contributed by atoms with Gasteiger partial charge in [0, 0.05) is 17.8 Å². The number of carbonyl (C=O) groups is 1. The molecule has 0 radical (unpaired) electrons. The number of ether oxygens (including phenoxy) is 3. The third-order valence-electron chi connectivity index (χ3n) is 2.87. The van der Waals surface area contributed by atoms with Gasteiger partial charge in [0.15, 0.2) is 11.5 Å². The maximum absolute atomic E-state index is 11.5. The average molecular weight is 288 g/mol. The van der Waals surface area contributed by atoms with Crippen molar-refractivity contribution < 1.29 is 19.0 Å². The lowest BCUT2D eigenvalue weighted by Gasteiger charge is -2.11. The Morgan fingerprint density at radius 2 is 1.90 bits per heavy atom. The topological polar surface area (TPSA) is 83.7 Å². The maximum atomic E-state index is 11.5. The number of hydrogen-bond acceptors (Lipinski definition) is 6. The molecule has 2 rings (SSSR count). The molecule has 0 aliphatic heterocycles. The number of benzene rings is 1. The van der Waals surface area contributed by atoms with Crippen molar-refractivity contribution in [3.8, 4) is 17.4 Å². The van der Waals surface area contributed by atoms with Crippen LogP contribution >= 0.6 is 0 Å². The number of nitrogens with two attached hydrogens (primary N) is 1. The smallest absolute Gasteiger partial charge is 0.339 e. The minimum absolute atomic E-state index is 0.350. The van der Waals surface area contributed by atoms with E-state index in [1.165, 1.54) is 14.2 Å². The van der Waals surface area contributed by atoms with Crippen LogP contribution in [0.3, 0.4) is 0 Å². The number of pyridine rings is 1. The lowest BCUT2D eigenvalue weighted by atomic mass is 10.2. The van der Waals surface area contributed by atoms with E-state index >= 15 is 0 Å². The molecule has 0 saturated carbocycles. The van der Waals surface area contributed by atoms with Crippen LogP contribution in [-0.2, 0) is 4.74 Å². The summed E-state index contributed by atoms with van der Waals surface area (Å²) < 4.78 is 15.5. The first-order valence-electron chi connectivity index (χ1n) is 6.22. The van der Waals surface area contributed by atoms with Gasteiger partial charge in [0.1, 0.15) is 0 Å². The van der Waals surface area contributed by atoms with E-state index in [0.717, 1.165) is 0 Å². The number of hydrogen-bond donors (Lipinski definition) is 1. The number of aryl methyl sites for hydroxylation is 1. The largest absolute Gasteiger partial charge is 0.493 e. The van der Waals surface area contributed by atoms with Crippen molar-refractivity contribution >= 4 is 11.7 Å². The van der Waals surface area contributed by atoms with Gasteiger partial charge in [0.2, 0.25) is 5.88 Å². The van der Waals surface area contributed by atoms with Crippen molar-refractivity contribution in [3.63, 3.8) is 0 Å². The number of carbonyl (C=O) groups excluding carboxylic acids is 1. The average Bonchev–Trinajstić information content (AvgIpc) is 2.48. The second-order valence-electron chi connectivity index (χ2n) is 4.29.